The first kappa shape index (κ1) is 13.5. The highest BCUT2D eigenvalue weighted by Gasteiger charge is 2.13. The highest BCUT2D eigenvalue weighted by atomic mass is 32.1. The van der Waals surface area contributed by atoms with Crippen molar-refractivity contribution in [2.75, 3.05) is 5.32 Å². The van der Waals surface area contributed by atoms with Crippen LogP contribution < -0.4 is 11.1 Å². The Morgan fingerprint density at radius 3 is 2.63 bits per heavy atom. The van der Waals surface area contributed by atoms with Crippen molar-refractivity contribution in [1.29, 1.82) is 0 Å². The lowest BCUT2D eigenvalue weighted by Gasteiger charge is -2.13. The minimum absolute atomic E-state index is 0.123. The molecule has 0 aliphatic rings. The van der Waals surface area contributed by atoms with Gasteiger partial charge in [0.25, 0.3) is 0 Å². The molecule has 2 rings (SSSR count). The summed E-state index contributed by atoms with van der Waals surface area (Å²) in [6, 6.07) is 3.53. The van der Waals surface area contributed by atoms with Crippen LogP contribution in [0, 0.1) is 13.8 Å². The Balaban J connectivity index is 2.12. The van der Waals surface area contributed by atoms with Gasteiger partial charge >= 0.3 is 0 Å². The molecule has 1 amide bonds. The van der Waals surface area contributed by atoms with Crippen LogP contribution in [0.5, 0.6) is 0 Å². The smallest absolute Gasteiger partial charge is 0.250 e. The van der Waals surface area contributed by atoms with Crippen LogP contribution in [0.3, 0.4) is 0 Å². The van der Waals surface area contributed by atoms with E-state index in [0.717, 1.165) is 10.7 Å². The summed E-state index contributed by atoms with van der Waals surface area (Å²) >= 11 is 1.67. The molecule has 2 aromatic heterocycles. The number of hydrogen-bond donors (Lipinski definition) is 2. The molecule has 2 heterocycles. The molecule has 1 unspecified atom stereocenters. The van der Waals surface area contributed by atoms with E-state index in [-0.39, 0.29) is 6.04 Å². The van der Waals surface area contributed by atoms with E-state index in [2.05, 4.69) is 22.2 Å². The van der Waals surface area contributed by atoms with Crippen LogP contribution in [0.15, 0.2) is 18.3 Å². The number of pyridine rings is 1. The van der Waals surface area contributed by atoms with Crippen molar-refractivity contribution in [1.82, 2.24) is 9.97 Å². The van der Waals surface area contributed by atoms with Crippen LogP contribution in [0.4, 0.5) is 5.82 Å². The number of primary amides is 1. The molecule has 0 saturated carbocycles. The number of carbonyl (C=O) groups is 1. The maximum absolute atomic E-state index is 11.0. The third-order valence-electron chi connectivity index (χ3n) is 2.75. The standard InChI is InChI=1S/C13H16N4OS/c1-7-12(19-9(3)16-7)8(2)17-11-5-4-10(6-15-11)13(14)18/h4-6,8H,1-3H3,(H2,14,18)(H,15,17). The monoisotopic (exact) mass is 276 g/mol. The number of aromatic nitrogens is 2. The van der Waals surface area contributed by atoms with Gasteiger partial charge in [-0.3, -0.25) is 4.79 Å². The van der Waals surface area contributed by atoms with E-state index >= 15 is 0 Å². The molecular weight excluding hydrogens is 260 g/mol. The fourth-order valence-corrected chi connectivity index (χ4v) is 2.79. The zero-order chi connectivity index (χ0) is 14.0. The van der Waals surface area contributed by atoms with Crippen LogP contribution in [0.1, 0.15) is 38.9 Å². The molecule has 0 saturated heterocycles. The fraction of sp³-hybridized carbons (Fsp3) is 0.308. The van der Waals surface area contributed by atoms with Crippen LogP contribution in [-0.2, 0) is 0 Å². The number of anilines is 1. The maximum atomic E-state index is 11.0. The van der Waals surface area contributed by atoms with Crippen LogP contribution >= 0.6 is 11.3 Å². The number of rotatable bonds is 4. The van der Waals surface area contributed by atoms with E-state index in [0.29, 0.717) is 11.4 Å². The molecule has 0 aliphatic heterocycles. The number of nitrogens with one attached hydrogen (secondary N) is 1. The minimum atomic E-state index is -0.471. The van der Waals surface area contributed by atoms with Gasteiger partial charge in [0.2, 0.25) is 5.91 Å². The van der Waals surface area contributed by atoms with E-state index in [1.54, 1.807) is 23.5 Å². The van der Waals surface area contributed by atoms with Gasteiger partial charge in [-0.15, -0.1) is 11.3 Å². The summed E-state index contributed by atoms with van der Waals surface area (Å²) in [5, 5.41) is 4.34. The Kier molecular flexibility index (Phi) is 3.80. The van der Waals surface area contributed by atoms with Crippen molar-refractivity contribution < 1.29 is 4.79 Å². The highest BCUT2D eigenvalue weighted by Crippen LogP contribution is 2.26. The van der Waals surface area contributed by atoms with Crippen molar-refractivity contribution in [3.63, 3.8) is 0 Å². The van der Waals surface area contributed by atoms with E-state index in [4.69, 9.17) is 5.73 Å². The molecule has 3 N–H and O–H groups in total. The van der Waals surface area contributed by atoms with Crippen molar-refractivity contribution in [3.8, 4) is 0 Å². The molecule has 0 spiro atoms. The zero-order valence-electron chi connectivity index (χ0n) is 11.1. The molecule has 0 aliphatic carbocycles. The summed E-state index contributed by atoms with van der Waals surface area (Å²) in [5.41, 5.74) is 6.62. The van der Waals surface area contributed by atoms with Gasteiger partial charge in [0, 0.05) is 11.1 Å². The zero-order valence-corrected chi connectivity index (χ0v) is 11.9. The molecule has 6 heteroatoms. The average Bonchev–Trinajstić information content (AvgIpc) is 2.69. The second-order valence-electron chi connectivity index (χ2n) is 4.34. The average molecular weight is 276 g/mol. The number of nitrogens with two attached hydrogens (primary N) is 1. The van der Waals surface area contributed by atoms with Gasteiger partial charge in [0.15, 0.2) is 0 Å². The van der Waals surface area contributed by atoms with Crippen molar-refractivity contribution in [3.05, 3.63) is 39.5 Å². The summed E-state index contributed by atoms with van der Waals surface area (Å²) in [6.45, 7) is 6.05. The SMILES string of the molecule is Cc1nc(C)c(C(C)Nc2ccc(C(N)=O)cn2)s1. The molecule has 0 radical (unpaired) electrons. The molecular formula is C13H16N4OS. The number of carbonyl (C=O) groups excluding carboxylic acids is 1. The number of nitrogens with zero attached hydrogens (tertiary/aromatic N) is 2. The Bertz CT molecular complexity index is 591. The van der Waals surface area contributed by atoms with Gasteiger partial charge in [-0.05, 0) is 32.9 Å². The van der Waals surface area contributed by atoms with Crippen molar-refractivity contribution in [2.24, 2.45) is 5.73 Å². The molecule has 0 bridgehead atoms. The Hall–Kier alpha value is -1.95. The largest absolute Gasteiger partial charge is 0.366 e. The van der Waals surface area contributed by atoms with E-state index < -0.39 is 5.91 Å². The van der Waals surface area contributed by atoms with Crippen LogP contribution in [-0.4, -0.2) is 15.9 Å². The molecule has 1 atom stereocenters. The minimum Gasteiger partial charge on any atom is -0.366 e. The summed E-state index contributed by atoms with van der Waals surface area (Å²) < 4.78 is 0. The van der Waals surface area contributed by atoms with Crippen LogP contribution in [0.25, 0.3) is 0 Å². The first-order valence-corrected chi connectivity index (χ1v) is 6.75. The van der Waals surface area contributed by atoms with Gasteiger partial charge < -0.3 is 11.1 Å². The fourth-order valence-electron chi connectivity index (χ4n) is 1.86. The topological polar surface area (TPSA) is 80.9 Å². The molecule has 0 fully saturated rings. The Morgan fingerprint density at radius 1 is 1.42 bits per heavy atom. The first-order valence-electron chi connectivity index (χ1n) is 5.93. The molecule has 100 valence electrons. The van der Waals surface area contributed by atoms with E-state index in [1.807, 2.05) is 13.8 Å². The predicted molar refractivity (Wildman–Crippen MR) is 76.4 cm³/mol. The third kappa shape index (κ3) is 3.08. The first-order chi connectivity index (χ1) is 8.97. The highest BCUT2D eigenvalue weighted by molar-refractivity contribution is 7.11. The van der Waals surface area contributed by atoms with Gasteiger partial charge in [0.1, 0.15) is 5.82 Å². The van der Waals surface area contributed by atoms with Gasteiger partial charge in [-0.25, -0.2) is 9.97 Å². The normalized spacial score (nSPS) is 12.2. The number of aryl methyl sites for hydroxylation is 2. The molecule has 0 aromatic carbocycles. The van der Waals surface area contributed by atoms with Gasteiger partial charge in [-0.1, -0.05) is 0 Å². The lowest BCUT2D eigenvalue weighted by Crippen LogP contribution is -2.12. The second kappa shape index (κ2) is 5.36. The number of amides is 1. The summed E-state index contributed by atoms with van der Waals surface area (Å²) in [6.07, 6.45) is 1.47. The molecule has 19 heavy (non-hydrogen) atoms. The third-order valence-corrected chi connectivity index (χ3v) is 4.00. The van der Waals surface area contributed by atoms with Crippen molar-refractivity contribution >= 4 is 23.1 Å². The van der Waals surface area contributed by atoms with E-state index in [9.17, 15) is 4.79 Å². The lowest BCUT2D eigenvalue weighted by molar-refractivity contribution is 0.1000. The molecule has 2 aromatic rings. The Labute approximate surface area is 115 Å². The summed E-state index contributed by atoms with van der Waals surface area (Å²) in [7, 11) is 0. The van der Waals surface area contributed by atoms with Crippen LogP contribution in [0.2, 0.25) is 0 Å². The Morgan fingerprint density at radius 2 is 2.16 bits per heavy atom. The number of thiazole rings is 1. The molecule has 5 nitrogen and oxygen atoms in total. The van der Waals surface area contributed by atoms with E-state index in [1.165, 1.54) is 11.1 Å². The number of hydrogen-bond acceptors (Lipinski definition) is 5. The second-order valence-corrected chi connectivity index (χ2v) is 5.58. The van der Waals surface area contributed by atoms with Gasteiger partial charge in [-0.2, -0.15) is 0 Å². The summed E-state index contributed by atoms with van der Waals surface area (Å²) in [5.74, 6) is 0.240. The van der Waals surface area contributed by atoms with Gasteiger partial charge in [0.05, 0.1) is 22.3 Å². The quantitative estimate of drug-likeness (QED) is 0.898. The maximum Gasteiger partial charge on any atom is 0.250 e. The predicted octanol–water partition coefficient (Wildman–Crippen LogP) is 2.43. The summed E-state index contributed by atoms with van der Waals surface area (Å²) in [4.78, 5) is 20.7. The van der Waals surface area contributed by atoms with Crippen molar-refractivity contribution in [2.45, 2.75) is 26.8 Å². The lowest BCUT2D eigenvalue weighted by atomic mass is 10.2.